The maximum atomic E-state index is 11.7. The number of para-hydroxylation sites is 1. The van der Waals surface area contributed by atoms with Gasteiger partial charge in [-0.2, -0.15) is 0 Å². The van der Waals surface area contributed by atoms with Crippen molar-refractivity contribution in [3.63, 3.8) is 0 Å². The van der Waals surface area contributed by atoms with E-state index in [2.05, 4.69) is 39.1 Å². The molecule has 0 bridgehead atoms. The van der Waals surface area contributed by atoms with E-state index in [0.29, 0.717) is 17.8 Å². The van der Waals surface area contributed by atoms with Crippen molar-refractivity contribution >= 4 is 32.7 Å². The number of nitrogens with zero attached hydrogens (tertiary/aromatic N) is 1. The summed E-state index contributed by atoms with van der Waals surface area (Å²) >= 11 is 3.50. The molecule has 1 fully saturated rings. The molecule has 1 aromatic heterocycles. The summed E-state index contributed by atoms with van der Waals surface area (Å²) in [5, 5.41) is 1.20. The van der Waals surface area contributed by atoms with Gasteiger partial charge in [0.25, 0.3) is 0 Å². The lowest BCUT2D eigenvalue weighted by molar-refractivity contribution is -0.128. The average molecular weight is 293 g/mol. The van der Waals surface area contributed by atoms with E-state index >= 15 is 0 Å². The van der Waals surface area contributed by atoms with Crippen molar-refractivity contribution in [1.29, 1.82) is 0 Å². The Kier molecular flexibility index (Phi) is 2.67. The number of halogens is 1. The minimum absolute atomic E-state index is 0.232. The van der Waals surface area contributed by atoms with E-state index in [1.807, 2.05) is 17.2 Å². The first-order chi connectivity index (χ1) is 8.24. The molecule has 3 nitrogen and oxygen atoms in total. The maximum absolute atomic E-state index is 11.7. The van der Waals surface area contributed by atoms with E-state index in [1.165, 1.54) is 10.9 Å². The van der Waals surface area contributed by atoms with Crippen LogP contribution in [0.15, 0.2) is 30.5 Å². The van der Waals surface area contributed by atoms with Crippen molar-refractivity contribution in [3.05, 3.63) is 36.0 Å². The Morgan fingerprint density at radius 1 is 1.41 bits per heavy atom. The molecule has 3 rings (SSSR count). The average Bonchev–Trinajstić information content (AvgIpc) is 2.87. The van der Waals surface area contributed by atoms with Gasteiger partial charge in [-0.25, -0.2) is 0 Å². The molecule has 1 N–H and O–H groups in total. The van der Waals surface area contributed by atoms with Gasteiger partial charge >= 0.3 is 0 Å². The highest BCUT2D eigenvalue weighted by atomic mass is 79.9. The van der Waals surface area contributed by atoms with Crippen LogP contribution in [0.1, 0.15) is 12.0 Å². The lowest BCUT2D eigenvalue weighted by Crippen LogP contribution is -2.24. The molecule has 17 heavy (non-hydrogen) atoms. The van der Waals surface area contributed by atoms with E-state index < -0.39 is 0 Å². The van der Waals surface area contributed by atoms with Gasteiger partial charge in [0.1, 0.15) is 0 Å². The van der Waals surface area contributed by atoms with Crippen molar-refractivity contribution in [2.75, 3.05) is 6.54 Å². The summed E-state index contributed by atoms with van der Waals surface area (Å²) in [6.07, 6.45) is 2.55. The SMILES string of the molecule is O=C1CC(Br)CN1Cc1cccc2cc[nH]c12. The Hall–Kier alpha value is -1.29. The summed E-state index contributed by atoms with van der Waals surface area (Å²) in [4.78, 5) is 17.2. The number of benzene rings is 1. The fourth-order valence-electron chi connectivity index (χ4n) is 2.36. The first-order valence-electron chi connectivity index (χ1n) is 5.71. The smallest absolute Gasteiger partial charge is 0.224 e. The number of fused-ring (bicyclic) bond motifs is 1. The van der Waals surface area contributed by atoms with Gasteiger partial charge in [0.2, 0.25) is 5.91 Å². The Labute approximate surface area is 108 Å². The molecule has 2 heterocycles. The quantitative estimate of drug-likeness (QED) is 0.849. The van der Waals surface area contributed by atoms with Crippen molar-refractivity contribution in [3.8, 4) is 0 Å². The van der Waals surface area contributed by atoms with Gasteiger partial charge in [0, 0.05) is 30.5 Å². The molecule has 0 radical (unpaired) electrons. The minimum Gasteiger partial charge on any atom is -0.361 e. The molecule has 1 aliphatic rings. The number of carbonyl (C=O) groups is 1. The highest BCUT2D eigenvalue weighted by molar-refractivity contribution is 9.09. The van der Waals surface area contributed by atoms with Crippen LogP contribution in [-0.2, 0) is 11.3 Å². The Morgan fingerprint density at radius 2 is 2.29 bits per heavy atom. The summed E-state index contributed by atoms with van der Waals surface area (Å²) in [7, 11) is 0. The molecule has 1 aromatic carbocycles. The van der Waals surface area contributed by atoms with Gasteiger partial charge < -0.3 is 9.88 Å². The van der Waals surface area contributed by atoms with Crippen LogP contribution in [0.2, 0.25) is 0 Å². The van der Waals surface area contributed by atoms with Gasteiger partial charge in [-0.05, 0) is 17.0 Å². The summed E-state index contributed by atoms with van der Waals surface area (Å²) in [6.45, 7) is 1.49. The molecule has 0 spiro atoms. The number of H-pyrrole nitrogens is 1. The number of alkyl halides is 1. The molecular formula is C13H13BrN2O. The number of rotatable bonds is 2. The topological polar surface area (TPSA) is 36.1 Å². The van der Waals surface area contributed by atoms with E-state index in [9.17, 15) is 4.79 Å². The largest absolute Gasteiger partial charge is 0.361 e. The normalized spacial score (nSPS) is 20.4. The van der Waals surface area contributed by atoms with E-state index in [4.69, 9.17) is 0 Å². The molecule has 1 aliphatic heterocycles. The third kappa shape index (κ3) is 1.97. The first kappa shape index (κ1) is 10.8. The number of amides is 1. The Balaban J connectivity index is 1.90. The van der Waals surface area contributed by atoms with E-state index in [0.717, 1.165) is 12.1 Å². The number of hydrogen-bond acceptors (Lipinski definition) is 1. The predicted octanol–water partition coefficient (Wildman–Crippen LogP) is 2.66. The summed E-state index contributed by atoms with van der Waals surface area (Å²) < 4.78 is 0. The number of carbonyl (C=O) groups excluding carboxylic acids is 1. The summed E-state index contributed by atoms with van der Waals surface area (Å²) in [5.41, 5.74) is 2.32. The third-order valence-corrected chi connectivity index (χ3v) is 3.82. The first-order valence-corrected chi connectivity index (χ1v) is 6.62. The molecule has 4 heteroatoms. The zero-order valence-corrected chi connectivity index (χ0v) is 10.9. The second kappa shape index (κ2) is 4.18. The summed E-state index contributed by atoms with van der Waals surface area (Å²) in [6, 6.07) is 8.25. The standard InChI is InChI=1S/C13H13BrN2O/c14-11-6-12(17)16(8-11)7-10-3-1-2-9-4-5-15-13(9)10/h1-5,11,15H,6-8H2. The lowest BCUT2D eigenvalue weighted by atomic mass is 10.1. The van der Waals surface area contributed by atoms with Gasteiger partial charge in [-0.15, -0.1) is 0 Å². The molecule has 1 atom stereocenters. The summed E-state index contributed by atoms with van der Waals surface area (Å²) in [5.74, 6) is 0.232. The van der Waals surface area contributed by atoms with E-state index in [1.54, 1.807) is 0 Å². The molecule has 1 saturated heterocycles. The predicted molar refractivity (Wildman–Crippen MR) is 71.0 cm³/mol. The number of aromatic nitrogens is 1. The monoisotopic (exact) mass is 292 g/mol. The van der Waals surface area contributed by atoms with E-state index in [-0.39, 0.29) is 5.91 Å². The third-order valence-electron chi connectivity index (χ3n) is 3.20. The molecule has 88 valence electrons. The van der Waals surface area contributed by atoms with Crippen molar-refractivity contribution < 1.29 is 4.79 Å². The van der Waals surface area contributed by atoms with Crippen LogP contribution in [0.25, 0.3) is 10.9 Å². The van der Waals surface area contributed by atoms with Gasteiger partial charge in [0.15, 0.2) is 0 Å². The number of aromatic amines is 1. The number of hydrogen-bond donors (Lipinski definition) is 1. The van der Waals surface area contributed by atoms with Crippen molar-refractivity contribution in [2.24, 2.45) is 0 Å². The van der Waals surface area contributed by atoms with Crippen LogP contribution in [0, 0.1) is 0 Å². The van der Waals surface area contributed by atoms with Gasteiger partial charge in [-0.1, -0.05) is 34.1 Å². The fraction of sp³-hybridized carbons (Fsp3) is 0.308. The molecule has 1 unspecified atom stereocenters. The van der Waals surface area contributed by atoms with Crippen molar-refractivity contribution in [1.82, 2.24) is 9.88 Å². The minimum atomic E-state index is 0.232. The molecule has 2 aromatic rings. The number of likely N-dealkylation sites (tertiary alicyclic amines) is 1. The molecular weight excluding hydrogens is 280 g/mol. The zero-order valence-electron chi connectivity index (χ0n) is 9.32. The highest BCUT2D eigenvalue weighted by Gasteiger charge is 2.27. The molecule has 0 saturated carbocycles. The van der Waals surface area contributed by atoms with Crippen molar-refractivity contribution in [2.45, 2.75) is 17.8 Å². The Bertz CT molecular complexity index is 563. The van der Waals surface area contributed by atoms with Gasteiger partial charge in [0.05, 0.1) is 5.52 Å². The second-order valence-corrected chi connectivity index (χ2v) is 5.73. The zero-order chi connectivity index (χ0) is 11.8. The lowest BCUT2D eigenvalue weighted by Gasteiger charge is -2.16. The van der Waals surface area contributed by atoms with Crippen LogP contribution in [-0.4, -0.2) is 27.2 Å². The fourth-order valence-corrected chi connectivity index (χ4v) is 2.99. The highest BCUT2D eigenvalue weighted by Crippen LogP contribution is 2.23. The second-order valence-electron chi connectivity index (χ2n) is 4.43. The van der Waals surface area contributed by atoms with Crippen LogP contribution >= 0.6 is 15.9 Å². The molecule has 1 amide bonds. The van der Waals surface area contributed by atoms with Crippen LogP contribution < -0.4 is 0 Å². The van der Waals surface area contributed by atoms with Crippen LogP contribution in [0.4, 0.5) is 0 Å². The van der Waals surface area contributed by atoms with Crippen LogP contribution in [0.3, 0.4) is 0 Å². The Morgan fingerprint density at radius 3 is 3.06 bits per heavy atom. The maximum Gasteiger partial charge on any atom is 0.224 e. The van der Waals surface area contributed by atoms with Gasteiger partial charge in [-0.3, -0.25) is 4.79 Å². The molecule has 0 aliphatic carbocycles. The number of nitrogens with one attached hydrogen (secondary N) is 1. The van der Waals surface area contributed by atoms with Crippen LogP contribution in [0.5, 0.6) is 0 Å².